The summed E-state index contributed by atoms with van der Waals surface area (Å²) in [7, 11) is 0. The van der Waals surface area contributed by atoms with E-state index < -0.39 is 0 Å². The maximum atomic E-state index is 13.0. The molecule has 6 heterocycles. The van der Waals surface area contributed by atoms with Crippen LogP contribution in [0.25, 0.3) is 163 Å². The molecule has 6 aromatic heterocycles. The van der Waals surface area contributed by atoms with Gasteiger partial charge in [-0.25, -0.2) is 0 Å². The summed E-state index contributed by atoms with van der Waals surface area (Å²) < 4.78 is 18.7. The van der Waals surface area contributed by atoms with Gasteiger partial charge < -0.3 is 22.7 Å². The van der Waals surface area contributed by atoms with E-state index in [1.807, 2.05) is 24.3 Å². The number of furan rings is 1. The Morgan fingerprint density at radius 2 is 0.814 bits per heavy atom. The zero-order valence-electron chi connectivity index (χ0n) is 47.0. The predicted molar refractivity (Wildman–Crippen MR) is 358 cm³/mol. The van der Waals surface area contributed by atoms with E-state index in [1.54, 1.807) is 11.3 Å². The topological polar surface area (TPSA) is 80.4 Å². The first-order chi connectivity index (χ1) is 42.3. The van der Waals surface area contributed by atoms with Gasteiger partial charge in [0.25, 0.3) is 0 Å². The van der Waals surface area contributed by atoms with Crippen LogP contribution in [0.1, 0.15) is 37.5 Å². The molecule has 0 amide bonds. The van der Waals surface area contributed by atoms with Crippen molar-refractivity contribution >= 4 is 141 Å². The fourth-order valence-corrected chi connectivity index (χ4v) is 15.7. The lowest BCUT2D eigenvalue weighted by Gasteiger charge is -2.27. The second kappa shape index (κ2) is 17.7. The molecule has 402 valence electrons. The summed E-state index contributed by atoms with van der Waals surface area (Å²) in [4.78, 5) is 0. The Morgan fingerprint density at radius 3 is 1.41 bits per heavy atom. The molecule has 0 bridgehead atoms. The smallest absolute Gasteiger partial charge is 0.160 e. The molecule has 86 heavy (non-hydrogen) atoms. The third kappa shape index (κ3) is 6.48. The zero-order chi connectivity index (χ0) is 57.3. The van der Waals surface area contributed by atoms with Crippen LogP contribution in [0.15, 0.2) is 241 Å². The Morgan fingerprint density at radius 1 is 0.349 bits per heavy atom. The summed E-state index contributed by atoms with van der Waals surface area (Å²) in [6, 6.07) is 89.9. The van der Waals surface area contributed by atoms with Crippen LogP contribution in [0.3, 0.4) is 0 Å². The standard InChI is InChI=1S/C78H48N6OS/c1-78(2,3)47-34-40-67-59(42-47)55-36-38-57-53-26-12-18-32-69(53)86-77(57)74(55)84(67)75-71(81-62-27-13-7-21-48(62)49-22-8-14-28-63(49)81)60(43-79)70(61(44-80)72(75)82-64-29-15-9-23-50(64)51-24-10-16-30-65(51)82)83-66-39-33-46(45-19-5-4-6-20-45)41-58(66)54-35-37-56-52-25-11-17-31-68(52)85-76(56)73(54)83/h4-42H,1-3H3. The average Bonchev–Trinajstić information content (AvgIpc) is 1.50. The minimum absolute atomic E-state index is 0.175. The molecule has 0 N–H and O–H groups in total. The molecule has 0 saturated carbocycles. The normalized spacial score (nSPS) is 12.3. The van der Waals surface area contributed by atoms with E-state index in [1.165, 1.54) is 15.6 Å². The van der Waals surface area contributed by atoms with E-state index in [4.69, 9.17) is 4.42 Å². The second-order valence-corrected chi connectivity index (χ2v) is 24.8. The summed E-state index contributed by atoms with van der Waals surface area (Å²) in [5.41, 5.74) is 14.9. The minimum atomic E-state index is -0.175. The molecule has 0 fully saturated rings. The van der Waals surface area contributed by atoms with Crippen LogP contribution < -0.4 is 0 Å². The molecular formula is C78H48N6OS. The van der Waals surface area contributed by atoms with Crippen LogP contribution in [0.4, 0.5) is 0 Å². The maximum Gasteiger partial charge on any atom is 0.160 e. The van der Waals surface area contributed by atoms with Crippen molar-refractivity contribution in [2.45, 2.75) is 26.2 Å². The lowest BCUT2D eigenvalue weighted by Crippen LogP contribution is -2.17. The molecule has 0 spiro atoms. The molecule has 12 aromatic carbocycles. The van der Waals surface area contributed by atoms with Gasteiger partial charge in [0, 0.05) is 69.3 Å². The van der Waals surface area contributed by atoms with E-state index in [2.05, 4.69) is 264 Å². The van der Waals surface area contributed by atoms with Crippen LogP contribution in [-0.2, 0) is 5.41 Å². The third-order valence-corrected chi connectivity index (χ3v) is 19.4. The first-order valence-electron chi connectivity index (χ1n) is 29.1. The van der Waals surface area contributed by atoms with Crippen molar-refractivity contribution in [3.8, 4) is 46.0 Å². The Bertz CT molecular complexity index is 5840. The highest BCUT2D eigenvalue weighted by atomic mass is 32.1. The molecule has 18 aromatic rings. The molecule has 0 atom stereocenters. The van der Waals surface area contributed by atoms with Crippen LogP contribution >= 0.6 is 11.3 Å². The number of hydrogen-bond acceptors (Lipinski definition) is 4. The highest BCUT2D eigenvalue weighted by molar-refractivity contribution is 7.26. The van der Waals surface area contributed by atoms with Gasteiger partial charge in [-0.1, -0.05) is 191 Å². The molecule has 8 heteroatoms. The SMILES string of the molecule is CC(C)(C)c1ccc2c(c1)c1ccc3c4ccccc4sc3c1n2-c1c(-n2c3ccccc3c3ccccc32)c(C#N)c(-n2c3ccc(-c4ccccc4)cc3c3ccc4c5ccccc5oc4c32)c(C#N)c1-n1c2ccccc2c2ccccc21. The monoisotopic (exact) mass is 1120 g/mol. The average molecular weight is 1120 g/mol. The third-order valence-electron chi connectivity index (χ3n) is 18.2. The van der Waals surface area contributed by atoms with Crippen molar-refractivity contribution in [2.24, 2.45) is 0 Å². The van der Waals surface area contributed by atoms with E-state index in [9.17, 15) is 10.5 Å². The summed E-state index contributed by atoms with van der Waals surface area (Å²) in [5.74, 6) is 0. The zero-order valence-corrected chi connectivity index (χ0v) is 47.8. The van der Waals surface area contributed by atoms with Crippen LogP contribution in [0.5, 0.6) is 0 Å². The molecule has 0 aliphatic rings. The van der Waals surface area contributed by atoms with Crippen molar-refractivity contribution in [3.63, 3.8) is 0 Å². The minimum Gasteiger partial charge on any atom is -0.454 e. The fraction of sp³-hybridized carbons (Fsp3) is 0.0513. The fourth-order valence-electron chi connectivity index (χ4n) is 14.4. The first-order valence-corrected chi connectivity index (χ1v) is 29.9. The van der Waals surface area contributed by atoms with Crippen LogP contribution in [-0.4, -0.2) is 18.3 Å². The number of para-hydroxylation sites is 5. The van der Waals surface area contributed by atoms with E-state index in [0.717, 1.165) is 125 Å². The summed E-state index contributed by atoms with van der Waals surface area (Å²) in [6.45, 7) is 6.81. The Balaban J connectivity index is 1.16. The summed E-state index contributed by atoms with van der Waals surface area (Å²) >= 11 is 1.79. The van der Waals surface area contributed by atoms with E-state index in [-0.39, 0.29) is 5.41 Å². The quantitative estimate of drug-likeness (QED) is 0.172. The number of thiophene rings is 1. The van der Waals surface area contributed by atoms with Crippen molar-refractivity contribution in [2.75, 3.05) is 0 Å². The van der Waals surface area contributed by atoms with Gasteiger partial charge >= 0.3 is 0 Å². The maximum absolute atomic E-state index is 13.0. The Kier molecular flexibility index (Phi) is 9.95. The number of nitrogens with zero attached hydrogens (tertiary/aromatic N) is 6. The molecule has 0 radical (unpaired) electrons. The molecule has 0 saturated heterocycles. The number of nitriles is 2. The lowest BCUT2D eigenvalue weighted by molar-refractivity contribution is 0.591. The van der Waals surface area contributed by atoms with Crippen molar-refractivity contribution in [3.05, 3.63) is 253 Å². The summed E-state index contributed by atoms with van der Waals surface area (Å²) in [5, 5.41) is 38.5. The van der Waals surface area contributed by atoms with Crippen molar-refractivity contribution < 1.29 is 4.42 Å². The van der Waals surface area contributed by atoms with Crippen LogP contribution in [0, 0.1) is 22.7 Å². The Labute approximate surface area is 496 Å². The lowest BCUT2D eigenvalue weighted by atomic mass is 9.86. The van der Waals surface area contributed by atoms with Gasteiger partial charge in [0.2, 0.25) is 0 Å². The summed E-state index contributed by atoms with van der Waals surface area (Å²) in [6.07, 6.45) is 0. The number of benzene rings is 12. The number of rotatable bonds is 5. The van der Waals surface area contributed by atoms with Gasteiger partial charge in [-0.05, 0) is 88.8 Å². The highest BCUT2D eigenvalue weighted by Crippen LogP contribution is 2.52. The van der Waals surface area contributed by atoms with Crippen LogP contribution in [0.2, 0.25) is 0 Å². The second-order valence-electron chi connectivity index (χ2n) is 23.7. The highest BCUT2D eigenvalue weighted by Gasteiger charge is 2.36. The van der Waals surface area contributed by atoms with Crippen molar-refractivity contribution in [1.29, 1.82) is 10.5 Å². The van der Waals surface area contributed by atoms with Gasteiger partial charge in [-0.15, -0.1) is 11.3 Å². The van der Waals surface area contributed by atoms with E-state index >= 15 is 0 Å². The van der Waals surface area contributed by atoms with Gasteiger partial charge in [-0.2, -0.15) is 10.5 Å². The number of fused-ring (bicyclic) bond motifs is 20. The molecule has 7 nitrogen and oxygen atoms in total. The molecular weight excluding hydrogens is 1070 g/mol. The Hall–Kier alpha value is -11.2. The molecule has 0 aliphatic carbocycles. The van der Waals surface area contributed by atoms with Gasteiger partial charge in [-0.3, -0.25) is 0 Å². The van der Waals surface area contributed by atoms with E-state index in [0.29, 0.717) is 39.5 Å². The van der Waals surface area contributed by atoms with Gasteiger partial charge in [0.15, 0.2) is 5.58 Å². The van der Waals surface area contributed by atoms with Gasteiger partial charge in [0.05, 0.1) is 71.6 Å². The number of hydrogen-bond donors (Lipinski definition) is 0. The number of aromatic nitrogens is 4. The molecule has 18 rings (SSSR count). The first kappa shape index (κ1) is 48.4. The molecule has 0 aliphatic heterocycles. The van der Waals surface area contributed by atoms with Crippen molar-refractivity contribution in [1.82, 2.24) is 18.3 Å². The van der Waals surface area contributed by atoms with Gasteiger partial charge in [0.1, 0.15) is 28.8 Å². The predicted octanol–water partition coefficient (Wildman–Crippen LogP) is 21.1. The molecule has 0 unspecified atom stereocenters. The largest absolute Gasteiger partial charge is 0.454 e.